The van der Waals surface area contributed by atoms with E-state index in [1.165, 1.54) is 5.69 Å². The van der Waals surface area contributed by atoms with E-state index in [1.54, 1.807) is 0 Å². The van der Waals surface area contributed by atoms with Crippen LogP contribution in [-0.4, -0.2) is 10.7 Å². The van der Waals surface area contributed by atoms with Crippen LogP contribution in [0.1, 0.15) is 19.5 Å². The van der Waals surface area contributed by atoms with Crippen LogP contribution in [0.15, 0.2) is 18.3 Å². The smallest absolute Gasteiger partial charge is 0.0212 e. The van der Waals surface area contributed by atoms with Gasteiger partial charge in [0.05, 0.1) is 0 Å². The molecule has 0 atom stereocenters. The quantitative estimate of drug-likeness (QED) is 0.609. The number of nitrogens with one attached hydrogen (secondary N) is 1. The van der Waals surface area contributed by atoms with Crippen LogP contribution in [0, 0.1) is 0 Å². The molecule has 0 radical (unpaired) electrons. The molecule has 0 aromatic carbocycles. The van der Waals surface area contributed by atoms with Crippen LogP contribution in [0.5, 0.6) is 0 Å². The van der Waals surface area contributed by atoms with Crippen LogP contribution in [-0.2, 0) is 5.41 Å². The SMILES string of the molecule is CC(C)(CS)c1ccc[nH]1. The van der Waals surface area contributed by atoms with Gasteiger partial charge in [0.2, 0.25) is 0 Å². The Labute approximate surface area is 67.3 Å². The summed E-state index contributed by atoms with van der Waals surface area (Å²) < 4.78 is 0. The molecule has 1 aromatic heterocycles. The van der Waals surface area contributed by atoms with Gasteiger partial charge in [-0.25, -0.2) is 0 Å². The van der Waals surface area contributed by atoms with Crippen LogP contribution in [0.3, 0.4) is 0 Å². The van der Waals surface area contributed by atoms with Gasteiger partial charge in [-0.15, -0.1) is 0 Å². The zero-order valence-electron chi connectivity index (χ0n) is 6.39. The highest BCUT2D eigenvalue weighted by Crippen LogP contribution is 2.21. The second kappa shape index (κ2) is 2.70. The van der Waals surface area contributed by atoms with Crippen LogP contribution >= 0.6 is 12.6 Å². The van der Waals surface area contributed by atoms with Crippen LogP contribution < -0.4 is 0 Å². The van der Waals surface area contributed by atoms with Gasteiger partial charge in [0.25, 0.3) is 0 Å². The molecule has 1 rings (SSSR count). The Hall–Kier alpha value is -0.370. The zero-order valence-corrected chi connectivity index (χ0v) is 7.28. The van der Waals surface area contributed by atoms with Crippen LogP contribution in [0.2, 0.25) is 0 Å². The van der Waals surface area contributed by atoms with Crippen LogP contribution in [0.4, 0.5) is 0 Å². The summed E-state index contributed by atoms with van der Waals surface area (Å²) in [4.78, 5) is 3.18. The molecule has 0 fully saturated rings. The molecule has 10 heavy (non-hydrogen) atoms. The van der Waals surface area contributed by atoms with Gasteiger partial charge in [-0.05, 0) is 12.1 Å². The molecule has 0 amide bonds. The summed E-state index contributed by atoms with van der Waals surface area (Å²) in [5.41, 5.74) is 1.43. The fourth-order valence-electron chi connectivity index (χ4n) is 0.836. The first kappa shape index (κ1) is 7.73. The van der Waals surface area contributed by atoms with Crippen molar-refractivity contribution >= 4 is 12.6 Å². The number of aromatic nitrogens is 1. The Morgan fingerprint density at radius 2 is 2.30 bits per heavy atom. The Morgan fingerprint density at radius 3 is 2.70 bits per heavy atom. The second-order valence-electron chi connectivity index (χ2n) is 3.13. The predicted octanol–water partition coefficient (Wildman–Crippen LogP) is 2.22. The molecule has 2 heteroatoms. The highest BCUT2D eigenvalue weighted by molar-refractivity contribution is 7.80. The molecular weight excluding hydrogens is 142 g/mol. The highest BCUT2D eigenvalue weighted by Gasteiger charge is 2.18. The van der Waals surface area contributed by atoms with Gasteiger partial charge in [0.15, 0.2) is 0 Å². The first-order valence-corrected chi connectivity index (χ1v) is 4.05. The minimum absolute atomic E-state index is 0.173. The Bertz CT molecular complexity index is 189. The number of thiol groups is 1. The molecule has 0 bridgehead atoms. The lowest BCUT2D eigenvalue weighted by atomic mass is 9.92. The summed E-state index contributed by atoms with van der Waals surface area (Å²) in [7, 11) is 0. The maximum absolute atomic E-state index is 4.27. The summed E-state index contributed by atoms with van der Waals surface area (Å²) in [6.07, 6.45) is 1.94. The van der Waals surface area contributed by atoms with Gasteiger partial charge in [0.1, 0.15) is 0 Å². The molecule has 1 heterocycles. The predicted molar refractivity (Wildman–Crippen MR) is 47.7 cm³/mol. The average molecular weight is 155 g/mol. The van der Waals surface area contributed by atoms with E-state index < -0.39 is 0 Å². The van der Waals surface area contributed by atoms with Gasteiger partial charge < -0.3 is 4.98 Å². The van der Waals surface area contributed by atoms with Crippen molar-refractivity contribution in [1.29, 1.82) is 0 Å². The summed E-state index contributed by atoms with van der Waals surface area (Å²) in [6.45, 7) is 4.34. The second-order valence-corrected chi connectivity index (χ2v) is 3.44. The van der Waals surface area contributed by atoms with E-state index in [-0.39, 0.29) is 5.41 Å². The third-order valence-corrected chi connectivity index (χ3v) is 2.51. The van der Waals surface area contributed by atoms with Gasteiger partial charge in [0, 0.05) is 23.1 Å². The maximum atomic E-state index is 4.27. The minimum Gasteiger partial charge on any atom is -0.365 e. The van der Waals surface area contributed by atoms with E-state index in [4.69, 9.17) is 0 Å². The number of aromatic amines is 1. The van der Waals surface area contributed by atoms with E-state index in [0.29, 0.717) is 0 Å². The van der Waals surface area contributed by atoms with Gasteiger partial charge in [-0.1, -0.05) is 13.8 Å². The minimum atomic E-state index is 0.173. The van der Waals surface area contributed by atoms with Crippen molar-refractivity contribution in [2.75, 3.05) is 5.75 Å². The average Bonchev–Trinajstić information content (AvgIpc) is 2.38. The van der Waals surface area contributed by atoms with E-state index in [0.717, 1.165) is 5.75 Å². The molecule has 0 aliphatic carbocycles. The first-order valence-electron chi connectivity index (χ1n) is 3.41. The maximum Gasteiger partial charge on any atom is 0.0212 e. The van der Waals surface area contributed by atoms with Gasteiger partial charge in [-0.2, -0.15) is 12.6 Å². The number of hydrogen-bond acceptors (Lipinski definition) is 1. The summed E-state index contributed by atoms with van der Waals surface area (Å²) in [6, 6.07) is 4.11. The van der Waals surface area contributed by atoms with E-state index in [2.05, 4.69) is 37.5 Å². The van der Waals surface area contributed by atoms with Crippen molar-refractivity contribution in [3.63, 3.8) is 0 Å². The van der Waals surface area contributed by atoms with Gasteiger partial charge >= 0.3 is 0 Å². The molecule has 1 N–H and O–H groups in total. The Balaban J connectivity index is 2.85. The molecule has 0 spiro atoms. The van der Waals surface area contributed by atoms with Crippen molar-refractivity contribution in [1.82, 2.24) is 4.98 Å². The molecule has 0 aliphatic rings. The van der Waals surface area contributed by atoms with E-state index in [1.807, 2.05) is 12.3 Å². The molecular formula is C8H13NS. The standard InChI is InChI=1S/C8H13NS/c1-8(2,6-10)7-4-3-5-9-7/h3-5,9-10H,6H2,1-2H3. The zero-order chi connectivity index (χ0) is 7.61. The lowest BCUT2D eigenvalue weighted by Crippen LogP contribution is -2.19. The van der Waals surface area contributed by atoms with Crippen molar-refractivity contribution in [2.24, 2.45) is 0 Å². The lowest BCUT2D eigenvalue weighted by Gasteiger charge is -2.19. The molecule has 1 nitrogen and oxygen atoms in total. The fourth-order valence-corrected chi connectivity index (χ4v) is 1.01. The molecule has 1 aromatic rings. The number of rotatable bonds is 2. The molecule has 56 valence electrons. The first-order chi connectivity index (χ1) is 4.67. The van der Waals surface area contributed by atoms with Crippen LogP contribution in [0.25, 0.3) is 0 Å². The molecule has 0 aliphatic heterocycles. The number of H-pyrrole nitrogens is 1. The summed E-state index contributed by atoms with van der Waals surface area (Å²) in [5.74, 6) is 0.869. The largest absolute Gasteiger partial charge is 0.365 e. The highest BCUT2D eigenvalue weighted by atomic mass is 32.1. The van der Waals surface area contributed by atoms with Gasteiger partial charge in [-0.3, -0.25) is 0 Å². The summed E-state index contributed by atoms with van der Waals surface area (Å²) in [5, 5.41) is 0. The van der Waals surface area contributed by atoms with Crippen molar-refractivity contribution in [3.05, 3.63) is 24.0 Å². The lowest BCUT2D eigenvalue weighted by molar-refractivity contribution is 0.586. The normalized spacial score (nSPS) is 11.9. The third kappa shape index (κ3) is 1.37. The molecule has 0 unspecified atom stereocenters. The fraction of sp³-hybridized carbons (Fsp3) is 0.500. The van der Waals surface area contributed by atoms with Crippen molar-refractivity contribution in [3.8, 4) is 0 Å². The Morgan fingerprint density at radius 1 is 1.60 bits per heavy atom. The molecule has 0 saturated carbocycles. The summed E-state index contributed by atoms with van der Waals surface area (Å²) >= 11 is 4.27. The Kier molecular flexibility index (Phi) is 2.09. The van der Waals surface area contributed by atoms with Crippen molar-refractivity contribution in [2.45, 2.75) is 19.3 Å². The number of hydrogen-bond donors (Lipinski definition) is 2. The van der Waals surface area contributed by atoms with Crippen molar-refractivity contribution < 1.29 is 0 Å². The topological polar surface area (TPSA) is 15.8 Å². The monoisotopic (exact) mass is 155 g/mol. The van der Waals surface area contributed by atoms with E-state index in [9.17, 15) is 0 Å². The molecule has 0 saturated heterocycles. The van der Waals surface area contributed by atoms with E-state index >= 15 is 0 Å². The third-order valence-electron chi connectivity index (χ3n) is 1.72.